The first-order valence-electron chi connectivity index (χ1n) is 7.87. The average molecular weight is 352 g/mol. The van der Waals surface area contributed by atoms with Crippen molar-refractivity contribution in [3.05, 3.63) is 71.8 Å². The van der Waals surface area contributed by atoms with Gasteiger partial charge in [0.15, 0.2) is 0 Å². The minimum absolute atomic E-state index is 0.151. The molecule has 1 aromatic heterocycles. The Morgan fingerprint density at radius 2 is 2.00 bits per heavy atom. The lowest BCUT2D eigenvalue weighted by molar-refractivity contribution is 0.102. The summed E-state index contributed by atoms with van der Waals surface area (Å²) in [5.74, 6) is -0.00810. The quantitative estimate of drug-likeness (QED) is 0.728. The van der Waals surface area contributed by atoms with E-state index in [9.17, 15) is 9.18 Å². The van der Waals surface area contributed by atoms with Gasteiger partial charge < -0.3 is 15.4 Å². The van der Waals surface area contributed by atoms with E-state index in [1.54, 1.807) is 13.2 Å². The molecule has 2 N–H and O–H groups in total. The van der Waals surface area contributed by atoms with Gasteiger partial charge in [-0.25, -0.2) is 14.4 Å². The van der Waals surface area contributed by atoms with E-state index >= 15 is 0 Å². The van der Waals surface area contributed by atoms with Crippen LogP contribution >= 0.6 is 0 Å². The summed E-state index contributed by atoms with van der Waals surface area (Å²) in [4.78, 5) is 20.7. The fraction of sp³-hybridized carbons (Fsp3) is 0.105. The van der Waals surface area contributed by atoms with E-state index in [0.717, 1.165) is 5.56 Å². The molecular weight excluding hydrogens is 335 g/mol. The van der Waals surface area contributed by atoms with Crippen molar-refractivity contribution in [2.24, 2.45) is 0 Å². The lowest BCUT2D eigenvalue weighted by Gasteiger charge is -2.11. The molecule has 1 amide bonds. The molecule has 0 bridgehead atoms. The van der Waals surface area contributed by atoms with Crippen LogP contribution in [0.5, 0.6) is 5.75 Å². The molecule has 3 rings (SSSR count). The van der Waals surface area contributed by atoms with Crippen LogP contribution in [0.15, 0.2) is 54.7 Å². The zero-order chi connectivity index (χ0) is 18.5. The SMILES string of the molecule is COc1ccc(C)cc1Nc1nccc(C(=O)Nc2cccc(F)c2)n1. The summed E-state index contributed by atoms with van der Waals surface area (Å²) in [6.07, 6.45) is 1.47. The Hall–Kier alpha value is -3.48. The highest BCUT2D eigenvalue weighted by atomic mass is 19.1. The van der Waals surface area contributed by atoms with Crippen LogP contribution in [0.1, 0.15) is 16.1 Å². The van der Waals surface area contributed by atoms with Crippen molar-refractivity contribution in [2.45, 2.75) is 6.92 Å². The molecule has 6 nitrogen and oxygen atoms in total. The van der Waals surface area contributed by atoms with Gasteiger partial charge >= 0.3 is 0 Å². The van der Waals surface area contributed by atoms with E-state index in [4.69, 9.17) is 4.74 Å². The van der Waals surface area contributed by atoms with Crippen molar-refractivity contribution in [1.29, 1.82) is 0 Å². The molecule has 0 aliphatic carbocycles. The van der Waals surface area contributed by atoms with Gasteiger partial charge in [-0.15, -0.1) is 0 Å². The predicted molar refractivity (Wildman–Crippen MR) is 97.4 cm³/mol. The lowest BCUT2D eigenvalue weighted by Crippen LogP contribution is -2.15. The lowest BCUT2D eigenvalue weighted by atomic mass is 10.2. The Kier molecular flexibility index (Phi) is 5.07. The summed E-state index contributed by atoms with van der Waals surface area (Å²) >= 11 is 0. The molecule has 132 valence electrons. The highest BCUT2D eigenvalue weighted by molar-refractivity contribution is 6.03. The third-order valence-electron chi connectivity index (χ3n) is 3.57. The molecule has 3 aromatic rings. The predicted octanol–water partition coefficient (Wildman–Crippen LogP) is 3.93. The van der Waals surface area contributed by atoms with Gasteiger partial charge in [-0.3, -0.25) is 4.79 Å². The first kappa shape index (κ1) is 17.3. The third-order valence-corrected chi connectivity index (χ3v) is 3.57. The molecule has 0 spiro atoms. The summed E-state index contributed by atoms with van der Waals surface area (Å²) < 4.78 is 18.5. The highest BCUT2D eigenvalue weighted by Gasteiger charge is 2.11. The number of ether oxygens (including phenoxy) is 1. The first-order chi connectivity index (χ1) is 12.5. The second kappa shape index (κ2) is 7.60. The zero-order valence-corrected chi connectivity index (χ0v) is 14.3. The van der Waals surface area contributed by atoms with Crippen molar-refractivity contribution in [3.63, 3.8) is 0 Å². The second-order valence-electron chi connectivity index (χ2n) is 5.56. The van der Waals surface area contributed by atoms with Gasteiger partial charge in [0.05, 0.1) is 12.8 Å². The Morgan fingerprint density at radius 1 is 1.15 bits per heavy atom. The molecule has 0 fully saturated rings. The summed E-state index contributed by atoms with van der Waals surface area (Å²) in [5, 5.41) is 5.65. The van der Waals surface area contributed by atoms with E-state index in [1.165, 1.54) is 30.5 Å². The third kappa shape index (κ3) is 4.13. The number of nitrogens with zero attached hydrogens (tertiary/aromatic N) is 2. The molecule has 2 aromatic carbocycles. The highest BCUT2D eigenvalue weighted by Crippen LogP contribution is 2.27. The van der Waals surface area contributed by atoms with Crippen LogP contribution in [0, 0.1) is 12.7 Å². The summed E-state index contributed by atoms with van der Waals surface area (Å²) in [7, 11) is 1.57. The van der Waals surface area contributed by atoms with Gasteiger partial charge in [0.25, 0.3) is 5.91 Å². The number of amides is 1. The Labute approximate surface area is 150 Å². The molecular formula is C19H17FN4O2. The number of methoxy groups -OCH3 is 1. The van der Waals surface area contributed by atoms with Gasteiger partial charge in [-0.2, -0.15) is 0 Å². The van der Waals surface area contributed by atoms with Crippen LogP contribution in [0.2, 0.25) is 0 Å². The minimum Gasteiger partial charge on any atom is -0.495 e. The summed E-state index contributed by atoms with van der Waals surface area (Å²) in [6.45, 7) is 1.95. The van der Waals surface area contributed by atoms with E-state index in [2.05, 4.69) is 20.6 Å². The van der Waals surface area contributed by atoms with Crippen LogP contribution in [0.4, 0.5) is 21.7 Å². The number of aromatic nitrogens is 2. The number of halogens is 1. The van der Waals surface area contributed by atoms with Gasteiger partial charge in [0.1, 0.15) is 17.3 Å². The maximum Gasteiger partial charge on any atom is 0.274 e. The first-order valence-corrected chi connectivity index (χ1v) is 7.87. The number of rotatable bonds is 5. The Morgan fingerprint density at radius 3 is 2.77 bits per heavy atom. The van der Waals surface area contributed by atoms with Gasteiger partial charge in [-0.1, -0.05) is 12.1 Å². The molecule has 7 heteroatoms. The van der Waals surface area contributed by atoms with Gasteiger partial charge in [0.2, 0.25) is 5.95 Å². The van der Waals surface area contributed by atoms with E-state index in [0.29, 0.717) is 17.1 Å². The zero-order valence-electron chi connectivity index (χ0n) is 14.3. The maximum absolute atomic E-state index is 13.2. The van der Waals surface area contributed by atoms with Crippen molar-refractivity contribution < 1.29 is 13.9 Å². The largest absolute Gasteiger partial charge is 0.495 e. The number of hydrogen-bond donors (Lipinski definition) is 2. The van der Waals surface area contributed by atoms with Crippen LogP contribution in [0.3, 0.4) is 0 Å². The second-order valence-corrected chi connectivity index (χ2v) is 5.56. The molecule has 1 heterocycles. The van der Waals surface area contributed by atoms with Crippen LogP contribution in [-0.4, -0.2) is 23.0 Å². The Bertz CT molecular complexity index is 946. The molecule has 0 aliphatic rings. The molecule has 0 radical (unpaired) electrons. The van der Waals surface area contributed by atoms with Gasteiger partial charge in [0, 0.05) is 11.9 Å². The fourth-order valence-corrected chi connectivity index (χ4v) is 2.35. The monoisotopic (exact) mass is 352 g/mol. The molecule has 0 aliphatic heterocycles. The maximum atomic E-state index is 13.2. The standard InChI is InChI=1S/C19H17FN4O2/c1-12-6-7-17(26-2)16(10-12)24-19-21-9-8-15(23-19)18(25)22-14-5-3-4-13(20)11-14/h3-11H,1-2H3,(H,22,25)(H,21,23,24). The average Bonchev–Trinajstić information content (AvgIpc) is 2.62. The summed E-state index contributed by atoms with van der Waals surface area (Å²) in [5.41, 5.74) is 2.23. The minimum atomic E-state index is -0.461. The molecule has 0 saturated carbocycles. The van der Waals surface area contributed by atoms with Crippen molar-refractivity contribution in [3.8, 4) is 5.75 Å². The van der Waals surface area contributed by atoms with Crippen LogP contribution < -0.4 is 15.4 Å². The van der Waals surface area contributed by atoms with Crippen molar-refractivity contribution in [2.75, 3.05) is 17.7 Å². The number of carbonyl (C=O) groups excluding carboxylic acids is 1. The molecule has 26 heavy (non-hydrogen) atoms. The Balaban J connectivity index is 1.80. The number of aryl methyl sites for hydroxylation is 1. The van der Waals surface area contributed by atoms with E-state index < -0.39 is 11.7 Å². The van der Waals surface area contributed by atoms with Crippen LogP contribution in [0.25, 0.3) is 0 Å². The number of anilines is 3. The number of benzene rings is 2. The van der Waals surface area contributed by atoms with Crippen LogP contribution in [-0.2, 0) is 0 Å². The number of hydrogen-bond acceptors (Lipinski definition) is 5. The number of nitrogens with one attached hydrogen (secondary N) is 2. The summed E-state index contributed by atoms with van der Waals surface area (Å²) in [6, 6.07) is 12.8. The normalized spacial score (nSPS) is 10.3. The molecule has 0 atom stereocenters. The van der Waals surface area contributed by atoms with Gasteiger partial charge in [-0.05, 0) is 48.9 Å². The smallest absolute Gasteiger partial charge is 0.274 e. The van der Waals surface area contributed by atoms with Crippen molar-refractivity contribution >= 4 is 23.2 Å². The van der Waals surface area contributed by atoms with Crippen molar-refractivity contribution in [1.82, 2.24) is 9.97 Å². The van der Waals surface area contributed by atoms with E-state index in [1.807, 2.05) is 25.1 Å². The molecule has 0 saturated heterocycles. The van der Waals surface area contributed by atoms with E-state index in [-0.39, 0.29) is 11.6 Å². The molecule has 0 unspecified atom stereocenters. The fourth-order valence-electron chi connectivity index (χ4n) is 2.35. The number of carbonyl (C=O) groups is 1. The topological polar surface area (TPSA) is 76.1 Å².